The number of hydrogen-bond acceptors (Lipinski definition) is 6. The minimum absolute atomic E-state index is 0.171. The fraction of sp³-hybridized carbons (Fsp3) is 0.818. The van der Waals surface area contributed by atoms with Gasteiger partial charge in [0, 0.05) is 27.2 Å². The van der Waals surface area contributed by atoms with Crippen molar-refractivity contribution in [2.45, 2.75) is 39.1 Å². The topological polar surface area (TPSA) is 87.2 Å². The fourth-order valence-corrected chi connectivity index (χ4v) is 1.80. The third-order valence-electron chi connectivity index (χ3n) is 2.64. The van der Waals surface area contributed by atoms with Gasteiger partial charge in [-0.2, -0.15) is 5.10 Å². The van der Waals surface area contributed by atoms with Crippen LogP contribution >= 0.6 is 0 Å². The Kier molecular flexibility index (Phi) is 6.20. The average molecular weight is 257 g/mol. The average Bonchev–Trinajstić information content (AvgIpc) is 2.75. The van der Waals surface area contributed by atoms with E-state index in [1.807, 2.05) is 4.68 Å². The molecule has 0 spiro atoms. The highest BCUT2D eigenvalue weighted by atomic mass is 16.7. The maximum Gasteiger partial charge on any atom is 0.173 e. The Hall–Kier alpha value is -1.02. The number of hydrogen-bond donors (Lipinski definition) is 2. The molecule has 7 nitrogen and oxygen atoms in total. The summed E-state index contributed by atoms with van der Waals surface area (Å²) in [4.78, 5) is 4.25. The lowest BCUT2D eigenvalue weighted by atomic mass is 10.2. The van der Waals surface area contributed by atoms with Gasteiger partial charge in [0.2, 0.25) is 0 Å². The summed E-state index contributed by atoms with van der Waals surface area (Å²) in [5, 5.41) is 4.21. The van der Waals surface area contributed by atoms with E-state index in [2.05, 4.69) is 29.4 Å². The smallest absolute Gasteiger partial charge is 0.173 e. The maximum atomic E-state index is 5.53. The lowest BCUT2D eigenvalue weighted by Crippen LogP contribution is -2.47. The zero-order valence-corrected chi connectivity index (χ0v) is 11.5. The van der Waals surface area contributed by atoms with E-state index in [1.54, 1.807) is 20.5 Å². The molecule has 7 heteroatoms. The molecule has 0 saturated carbocycles. The van der Waals surface area contributed by atoms with Crippen molar-refractivity contribution < 1.29 is 9.47 Å². The predicted octanol–water partition coefficient (Wildman–Crippen LogP) is -0.0726. The molecule has 0 bridgehead atoms. The summed E-state index contributed by atoms with van der Waals surface area (Å²) < 4.78 is 12.3. The molecule has 0 aliphatic rings. The maximum absolute atomic E-state index is 5.53. The van der Waals surface area contributed by atoms with E-state index in [0.29, 0.717) is 12.3 Å². The summed E-state index contributed by atoms with van der Waals surface area (Å²) in [5.41, 5.74) is 2.69. The molecule has 0 aliphatic heterocycles. The summed E-state index contributed by atoms with van der Waals surface area (Å²) >= 11 is 0. The molecule has 0 saturated heterocycles. The van der Waals surface area contributed by atoms with Gasteiger partial charge in [0.15, 0.2) is 6.29 Å². The molecular formula is C11H23N5O2. The quantitative estimate of drug-likeness (QED) is 0.385. The van der Waals surface area contributed by atoms with E-state index >= 15 is 0 Å². The van der Waals surface area contributed by atoms with Gasteiger partial charge in [-0.05, 0) is 5.92 Å². The summed E-state index contributed by atoms with van der Waals surface area (Å²) in [6, 6.07) is -0.171. The number of rotatable bonds is 8. The number of ether oxygens (including phenoxy) is 2. The Morgan fingerprint density at radius 3 is 2.56 bits per heavy atom. The van der Waals surface area contributed by atoms with Gasteiger partial charge in [0.25, 0.3) is 0 Å². The number of nitrogens with zero attached hydrogens (tertiary/aromatic N) is 3. The van der Waals surface area contributed by atoms with Crippen LogP contribution < -0.4 is 11.3 Å². The molecule has 0 aliphatic carbocycles. The Labute approximate surface area is 108 Å². The molecule has 0 fully saturated rings. The molecule has 18 heavy (non-hydrogen) atoms. The summed E-state index contributed by atoms with van der Waals surface area (Å²) in [6.07, 6.45) is 1.73. The Morgan fingerprint density at radius 2 is 2.06 bits per heavy atom. The molecule has 0 aromatic carbocycles. The van der Waals surface area contributed by atoms with Crippen LogP contribution in [-0.4, -0.2) is 41.3 Å². The predicted molar refractivity (Wildman–Crippen MR) is 67.5 cm³/mol. The van der Waals surface area contributed by atoms with E-state index in [4.69, 9.17) is 15.3 Å². The first-order chi connectivity index (χ1) is 8.62. The van der Waals surface area contributed by atoms with Crippen LogP contribution in [0.3, 0.4) is 0 Å². The van der Waals surface area contributed by atoms with Crippen LogP contribution in [0.4, 0.5) is 0 Å². The molecule has 1 rings (SSSR count). The van der Waals surface area contributed by atoms with E-state index in [0.717, 1.165) is 12.4 Å². The van der Waals surface area contributed by atoms with Gasteiger partial charge in [-0.1, -0.05) is 13.8 Å². The minimum Gasteiger partial charge on any atom is -0.354 e. The van der Waals surface area contributed by atoms with Crippen molar-refractivity contribution in [2.24, 2.45) is 11.8 Å². The van der Waals surface area contributed by atoms with Crippen molar-refractivity contribution in [1.29, 1.82) is 0 Å². The molecule has 1 aromatic rings. The van der Waals surface area contributed by atoms with Gasteiger partial charge < -0.3 is 9.47 Å². The second-order valence-electron chi connectivity index (χ2n) is 4.57. The number of nitrogens with two attached hydrogens (primary N) is 1. The highest BCUT2D eigenvalue weighted by Gasteiger charge is 2.22. The van der Waals surface area contributed by atoms with Crippen molar-refractivity contribution in [3.8, 4) is 0 Å². The first-order valence-corrected chi connectivity index (χ1v) is 6.00. The number of nitrogens with one attached hydrogen (secondary N) is 1. The zero-order valence-electron chi connectivity index (χ0n) is 11.5. The number of methoxy groups -OCH3 is 2. The summed E-state index contributed by atoms with van der Waals surface area (Å²) in [5.74, 6) is 6.90. The van der Waals surface area contributed by atoms with E-state index in [1.165, 1.54) is 0 Å². The highest BCUT2D eigenvalue weighted by Crippen LogP contribution is 2.08. The second kappa shape index (κ2) is 7.42. The van der Waals surface area contributed by atoms with Crippen LogP contribution in [0.1, 0.15) is 19.7 Å². The molecule has 0 amide bonds. The third-order valence-corrected chi connectivity index (χ3v) is 2.64. The van der Waals surface area contributed by atoms with Crippen LogP contribution in [0.15, 0.2) is 6.33 Å². The minimum atomic E-state index is -0.417. The number of hydrazine groups is 1. The van der Waals surface area contributed by atoms with Gasteiger partial charge in [-0.3, -0.25) is 11.3 Å². The molecular weight excluding hydrogens is 234 g/mol. The molecule has 1 aromatic heterocycles. The summed E-state index contributed by atoms with van der Waals surface area (Å²) in [7, 11) is 3.16. The third kappa shape index (κ3) is 4.02. The lowest BCUT2D eigenvalue weighted by molar-refractivity contribution is -0.123. The fourth-order valence-electron chi connectivity index (χ4n) is 1.80. The van der Waals surface area contributed by atoms with Crippen molar-refractivity contribution in [2.75, 3.05) is 14.2 Å². The first-order valence-electron chi connectivity index (χ1n) is 6.00. The van der Waals surface area contributed by atoms with Gasteiger partial charge in [-0.15, -0.1) is 0 Å². The standard InChI is InChI=1S/C11H23N5O2/c1-8(2)6-16-10(13-7-14-16)5-9(15-12)11(17-3)18-4/h7-9,11,15H,5-6,12H2,1-4H3. The lowest BCUT2D eigenvalue weighted by Gasteiger charge is -2.23. The van der Waals surface area contributed by atoms with E-state index < -0.39 is 6.29 Å². The summed E-state index contributed by atoms with van der Waals surface area (Å²) in [6.45, 7) is 5.10. The Bertz CT molecular complexity index is 338. The zero-order chi connectivity index (χ0) is 13.5. The Balaban J connectivity index is 2.72. The van der Waals surface area contributed by atoms with Crippen molar-refractivity contribution in [1.82, 2.24) is 20.2 Å². The van der Waals surface area contributed by atoms with Crippen molar-refractivity contribution in [3.05, 3.63) is 12.2 Å². The molecule has 3 N–H and O–H groups in total. The highest BCUT2D eigenvalue weighted by molar-refractivity contribution is 4.90. The van der Waals surface area contributed by atoms with E-state index in [-0.39, 0.29) is 6.04 Å². The monoisotopic (exact) mass is 257 g/mol. The first kappa shape index (κ1) is 15.0. The molecule has 0 radical (unpaired) electrons. The van der Waals surface area contributed by atoms with Crippen molar-refractivity contribution >= 4 is 0 Å². The van der Waals surface area contributed by atoms with Crippen LogP contribution in [-0.2, 0) is 22.4 Å². The van der Waals surface area contributed by atoms with Gasteiger partial charge >= 0.3 is 0 Å². The van der Waals surface area contributed by atoms with Gasteiger partial charge in [0.05, 0.1) is 6.04 Å². The SMILES string of the molecule is COC(OC)C(Cc1ncnn1CC(C)C)NN. The van der Waals surface area contributed by atoms with Crippen LogP contribution in [0, 0.1) is 5.92 Å². The second-order valence-corrected chi connectivity index (χ2v) is 4.57. The van der Waals surface area contributed by atoms with Crippen LogP contribution in [0.2, 0.25) is 0 Å². The van der Waals surface area contributed by atoms with Gasteiger partial charge in [-0.25, -0.2) is 9.67 Å². The van der Waals surface area contributed by atoms with Crippen molar-refractivity contribution in [3.63, 3.8) is 0 Å². The number of aromatic nitrogens is 3. The molecule has 1 atom stereocenters. The van der Waals surface area contributed by atoms with Crippen LogP contribution in [0.5, 0.6) is 0 Å². The van der Waals surface area contributed by atoms with Crippen LogP contribution in [0.25, 0.3) is 0 Å². The Morgan fingerprint density at radius 1 is 1.39 bits per heavy atom. The molecule has 1 unspecified atom stereocenters. The normalized spacial score (nSPS) is 13.5. The molecule has 104 valence electrons. The largest absolute Gasteiger partial charge is 0.354 e. The molecule has 1 heterocycles. The van der Waals surface area contributed by atoms with E-state index in [9.17, 15) is 0 Å². The van der Waals surface area contributed by atoms with Gasteiger partial charge in [0.1, 0.15) is 12.2 Å².